The van der Waals surface area contributed by atoms with E-state index in [0.29, 0.717) is 0 Å². The van der Waals surface area contributed by atoms with E-state index < -0.39 is 12.4 Å². The number of rotatable bonds is 3. The molecule has 0 aromatic carbocycles. The summed E-state index contributed by atoms with van der Waals surface area (Å²) in [5.41, 5.74) is 5.06. The maximum Gasteiger partial charge on any atom is 0.311 e. The number of carbonyl (C=O) groups is 1. The Bertz CT molecular complexity index is 413. The summed E-state index contributed by atoms with van der Waals surface area (Å²) in [6.07, 6.45) is -1.76. The molecule has 1 rings (SSSR count). The van der Waals surface area contributed by atoms with Gasteiger partial charge in [-0.05, 0) is 15.9 Å². The maximum absolute atomic E-state index is 12.6. The number of alkyl halides is 2. The van der Waals surface area contributed by atoms with E-state index in [1.165, 1.54) is 13.3 Å². The Balaban J connectivity index is 3.13. The summed E-state index contributed by atoms with van der Waals surface area (Å²) in [4.78, 5) is 14.8. The molecule has 0 saturated carbocycles. The van der Waals surface area contributed by atoms with Gasteiger partial charge in [-0.1, -0.05) is 0 Å². The van der Waals surface area contributed by atoms with Crippen LogP contribution in [0.1, 0.15) is 17.7 Å². The van der Waals surface area contributed by atoms with Gasteiger partial charge in [0.05, 0.1) is 30.5 Å². The van der Waals surface area contributed by atoms with Gasteiger partial charge in [0.25, 0.3) is 6.43 Å². The van der Waals surface area contributed by atoms with Crippen molar-refractivity contribution in [3.8, 4) is 0 Å². The van der Waals surface area contributed by atoms with Gasteiger partial charge >= 0.3 is 5.97 Å². The summed E-state index contributed by atoms with van der Waals surface area (Å²) in [6, 6.07) is 0. The number of methoxy groups -OCH3 is 1. The van der Waals surface area contributed by atoms with Crippen LogP contribution in [0.15, 0.2) is 10.7 Å². The van der Waals surface area contributed by atoms with Crippen molar-refractivity contribution in [2.24, 2.45) is 0 Å². The fourth-order valence-electron chi connectivity index (χ4n) is 1.13. The Morgan fingerprint density at radius 1 is 1.69 bits per heavy atom. The number of hydrogen-bond donors (Lipinski definition) is 1. The number of anilines is 1. The molecule has 16 heavy (non-hydrogen) atoms. The van der Waals surface area contributed by atoms with E-state index in [1.54, 1.807) is 0 Å². The highest BCUT2D eigenvalue weighted by atomic mass is 79.9. The molecule has 4 nitrogen and oxygen atoms in total. The number of carbonyl (C=O) groups excluding carboxylic acids is 1. The maximum atomic E-state index is 12.6. The molecule has 1 aromatic rings. The molecule has 0 unspecified atom stereocenters. The molecule has 0 aliphatic carbocycles. The summed E-state index contributed by atoms with van der Waals surface area (Å²) in [5, 5.41) is 0. The van der Waals surface area contributed by atoms with E-state index in [4.69, 9.17) is 5.73 Å². The van der Waals surface area contributed by atoms with Crippen molar-refractivity contribution in [1.82, 2.24) is 4.98 Å². The number of esters is 1. The van der Waals surface area contributed by atoms with Crippen molar-refractivity contribution in [1.29, 1.82) is 0 Å². The number of ether oxygens (including phenoxy) is 1. The predicted octanol–water partition coefficient (Wildman–Crippen LogP) is 2.08. The fourth-order valence-corrected chi connectivity index (χ4v) is 1.62. The minimum absolute atomic E-state index is 0.0883. The Morgan fingerprint density at radius 3 is 2.81 bits per heavy atom. The van der Waals surface area contributed by atoms with Crippen molar-refractivity contribution in [2.75, 3.05) is 12.8 Å². The third kappa shape index (κ3) is 2.66. The monoisotopic (exact) mass is 294 g/mol. The van der Waals surface area contributed by atoms with Gasteiger partial charge in [0.1, 0.15) is 0 Å². The average molecular weight is 295 g/mol. The first-order valence-corrected chi connectivity index (χ1v) is 5.04. The van der Waals surface area contributed by atoms with Gasteiger partial charge in [0.2, 0.25) is 0 Å². The van der Waals surface area contributed by atoms with Crippen LogP contribution in [-0.4, -0.2) is 18.1 Å². The first-order chi connectivity index (χ1) is 7.47. The van der Waals surface area contributed by atoms with Gasteiger partial charge < -0.3 is 10.5 Å². The van der Waals surface area contributed by atoms with Gasteiger partial charge in [0.15, 0.2) is 0 Å². The van der Waals surface area contributed by atoms with E-state index in [-0.39, 0.29) is 27.8 Å². The Kier molecular flexibility index (Phi) is 4.17. The molecule has 2 N–H and O–H groups in total. The van der Waals surface area contributed by atoms with Crippen LogP contribution in [-0.2, 0) is 16.0 Å². The minimum Gasteiger partial charge on any atom is -0.469 e. The van der Waals surface area contributed by atoms with Gasteiger partial charge in [-0.15, -0.1) is 0 Å². The first kappa shape index (κ1) is 12.8. The molecular weight excluding hydrogens is 286 g/mol. The van der Waals surface area contributed by atoms with E-state index >= 15 is 0 Å². The molecule has 1 heterocycles. The molecule has 0 aliphatic heterocycles. The molecule has 0 aliphatic rings. The lowest BCUT2D eigenvalue weighted by Gasteiger charge is -2.10. The number of nitrogen functional groups attached to an aromatic ring is 1. The molecule has 0 spiro atoms. The third-order valence-corrected chi connectivity index (χ3v) is 2.58. The molecule has 0 atom stereocenters. The van der Waals surface area contributed by atoms with Crippen molar-refractivity contribution < 1.29 is 18.3 Å². The SMILES string of the molecule is COC(=O)Cc1ncc(Br)c(C(F)F)c1N. The molecule has 0 radical (unpaired) electrons. The third-order valence-electron chi connectivity index (χ3n) is 1.95. The smallest absolute Gasteiger partial charge is 0.311 e. The summed E-state index contributed by atoms with van der Waals surface area (Å²) in [7, 11) is 1.20. The van der Waals surface area contributed by atoms with E-state index in [1.807, 2.05) is 0 Å². The summed E-state index contributed by atoms with van der Waals surface area (Å²) in [5.74, 6) is -0.582. The average Bonchev–Trinajstić information content (AvgIpc) is 2.21. The van der Waals surface area contributed by atoms with Crippen LogP contribution in [0.4, 0.5) is 14.5 Å². The van der Waals surface area contributed by atoms with Crippen LogP contribution >= 0.6 is 15.9 Å². The molecule has 7 heteroatoms. The zero-order valence-electron chi connectivity index (χ0n) is 8.34. The number of nitrogens with zero attached hydrogens (tertiary/aromatic N) is 1. The first-order valence-electron chi connectivity index (χ1n) is 4.25. The van der Waals surface area contributed by atoms with Crippen LogP contribution in [0.3, 0.4) is 0 Å². The van der Waals surface area contributed by atoms with Crippen molar-refractivity contribution >= 4 is 27.6 Å². The normalized spacial score (nSPS) is 10.6. The lowest BCUT2D eigenvalue weighted by molar-refractivity contribution is -0.139. The molecule has 1 aromatic heterocycles. The zero-order chi connectivity index (χ0) is 12.3. The predicted molar refractivity (Wildman–Crippen MR) is 57.0 cm³/mol. The second-order valence-electron chi connectivity index (χ2n) is 2.93. The zero-order valence-corrected chi connectivity index (χ0v) is 9.92. The highest BCUT2D eigenvalue weighted by molar-refractivity contribution is 9.10. The number of halogens is 3. The van der Waals surface area contributed by atoms with Gasteiger partial charge in [-0.3, -0.25) is 9.78 Å². The van der Waals surface area contributed by atoms with Crippen molar-refractivity contribution in [3.05, 3.63) is 21.9 Å². The van der Waals surface area contributed by atoms with E-state index in [2.05, 4.69) is 25.7 Å². The van der Waals surface area contributed by atoms with Crippen LogP contribution < -0.4 is 5.73 Å². The molecule has 0 bridgehead atoms. The lowest BCUT2D eigenvalue weighted by Crippen LogP contribution is -2.11. The quantitative estimate of drug-likeness (QED) is 0.867. The van der Waals surface area contributed by atoms with Crippen LogP contribution in [0.25, 0.3) is 0 Å². The molecule has 0 fully saturated rings. The van der Waals surface area contributed by atoms with Crippen LogP contribution in [0.5, 0.6) is 0 Å². The Labute approximate surface area is 98.9 Å². The summed E-state index contributed by atoms with van der Waals surface area (Å²) < 4.78 is 29.8. The van der Waals surface area contributed by atoms with Crippen LogP contribution in [0, 0.1) is 0 Å². The van der Waals surface area contributed by atoms with E-state index in [0.717, 1.165) is 0 Å². The van der Waals surface area contributed by atoms with Gasteiger partial charge in [-0.2, -0.15) is 0 Å². The van der Waals surface area contributed by atoms with Crippen molar-refractivity contribution in [2.45, 2.75) is 12.8 Å². The van der Waals surface area contributed by atoms with Gasteiger partial charge in [0, 0.05) is 10.7 Å². The topological polar surface area (TPSA) is 65.2 Å². The fraction of sp³-hybridized carbons (Fsp3) is 0.333. The highest BCUT2D eigenvalue weighted by Gasteiger charge is 2.20. The minimum atomic E-state index is -2.73. The number of hydrogen-bond acceptors (Lipinski definition) is 4. The Morgan fingerprint density at radius 2 is 2.31 bits per heavy atom. The molecule has 88 valence electrons. The summed E-state index contributed by atoms with van der Waals surface area (Å²) >= 11 is 2.93. The highest BCUT2D eigenvalue weighted by Crippen LogP contribution is 2.33. The van der Waals surface area contributed by atoms with Gasteiger partial charge in [-0.25, -0.2) is 8.78 Å². The summed E-state index contributed by atoms with van der Waals surface area (Å²) in [6.45, 7) is 0. The second-order valence-corrected chi connectivity index (χ2v) is 3.79. The van der Waals surface area contributed by atoms with Crippen LogP contribution in [0.2, 0.25) is 0 Å². The number of pyridine rings is 1. The Hall–Kier alpha value is -1.24. The molecule has 0 saturated heterocycles. The number of nitrogens with two attached hydrogens (primary N) is 1. The van der Waals surface area contributed by atoms with E-state index in [9.17, 15) is 13.6 Å². The standard InChI is InChI=1S/C9H9BrF2N2O2/c1-16-6(15)2-5-8(13)7(9(11)12)4(10)3-14-5/h3,9H,2,13H2,1H3. The molecular formula is C9H9BrF2N2O2. The lowest BCUT2D eigenvalue weighted by atomic mass is 10.1. The molecule has 0 amide bonds. The number of aromatic nitrogens is 1. The second kappa shape index (κ2) is 5.20. The largest absolute Gasteiger partial charge is 0.469 e. The van der Waals surface area contributed by atoms with Crippen molar-refractivity contribution in [3.63, 3.8) is 0 Å².